The van der Waals surface area contributed by atoms with Crippen molar-refractivity contribution in [3.63, 3.8) is 0 Å². The minimum atomic E-state index is 0. The number of aromatic nitrogens is 2. The molecule has 1 saturated carbocycles. The first-order valence-electron chi connectivity index (χ1n) is 9.62. The summed E-state index contributed by atoms with van der Waals surface area (Å²) in [5, 5.41) is 6.95. The van der Waals surface area contributed by atoms with Gasteiger partial charge in [-0.3, -0.25) is 0 Å². The number of para-hydroxylation sites is 1. The van der Waals surface area contributed by atoms with Gasteiger partial charge in [-0.2, -0.15) is 0 Å². The molecular weight excluding hydrogens is 386 g/mol. The van der Waals surface area contributed by atoms with Crippen LogP contribution in [-0.4, -0.2) is 29.1 Å². The zero-order chi connectivity index (χ0) is 19.0. The summed E-state index contributed by atoms with van der Waals surface area (Å²) < 4.78 is 5.88. The number of benzene rings is 2. The highest BCUT2D eigenvalue weighted by molar-refractivity contribution is 5.85. The zero-order valence-corrected chi connectivity index (χ0v) is 16.8. The van der Waals surface area contributed by atoms with Crippen LogP contribution in [0.5, 0.6) is 11.5 Å². The Morgan fingerprint density at radius 2 is 1.66 bits per heavy atom. The molecule has 0 unspecified atom stereocenters. The number of anilines is 2. The topological polar surface area (TPSA) is 85.1 Å². The third-order valence-electron chi connectivity index (χ3n) is 5.70. The SMILES string of the molecule is Cl.Nc1ncnc(NC2CC3(CNC3)C2)c1-c1ccc(Oc2ccccc2)cc1. The molecule has 0 atom stereocenters. The molecule has 1 spiro atoms. The summed E-state index contributed by atoms with van der Waals surface area (Å²) in [4.78, 5) is 8.67. The van der Waals surface area contributed by atoms with E-state index in [9.17, 15) is 0 Å². The molecule has 2 heterocycles. The third-order valence-corrected chi connectivity index (χ3v) is 5.70. The minimum Gasteiger partial charge on any atom is -0.457 e. The maximum absolute atomic E-state index is 6.21. The fourth-order valence-electron chi connectivity index (χ4n) is 4.16. The minimum absolute atomic E-state index is 0. The van der Waals surface area contributed by atoms with Crippen LogP contribution < -0.4 is 21.1 Å². The van der Waals surface area contributed by atoms with Crippen LogP contribution in [0.4, 0.5) is 11.6 Å². The Bertz CT molecular complexity index is 968. The van der Waals surface area contributed by atoms with E-state index < -0.39 is 0 Å². The second kappa shape index (κ2) is 7.89. The van der Waals surface area contributed by atoms with Crippen molar-refractivity contribution < 1.29 is 4.74 Å². The fourth-order valence-corrected chi connectivity index (χ4v) is 4.16. The number of nitrogens with zero attached hydrogens (tertiary/aromatic N) is 2. The predicted molar refractivity (Wildman–Crippen MR) is 118 cm³/mol. The average molecular weight is 410 g/mol. The van der Waals surface area contributed by atoms with E-state index in [-0.39, 0.29) is 12.4 Å². The summed E-state index contributed by atoms with van der Waals surface area (Å²) in [6.45, 7) is 2.26. The van der Waals surface area contributed by atoms with Gasteiger partial charge in [0.15, 0.2) is 0 Å². The summed E-state index contributed by atoms with van der Waals surface area (Å²) in [5.74, 6) is 2.87. The van der Waals surface area contributed by atoms with Crippen LogP contribution in [-0.2, 0) is 0 Å². The second-order valence-corrected chi connectivity index (χ2v) is 7.78. The van der Waals surface area contributed by atoms with Gasteiger partial charge in [-0.05, 0) is 48.1 Å². The molecule has 4 N–H and O–H groups in total. The molecule has 5 rings (SSSR count). The first-order valence-corrected chi connectivity index (χ1v) is 9.62. The monoisotopic (exact) mass is 409 g/mol. The summed E-state index contributed by atoms with van der Waals surface area (Å²) in [5.41, 5.74) is 8.54. The number of ether oxygens (including phenoxy) is 1. The lowest BCUT2D eigenvalue weighted by Gasteiger charge is -2.54. The Hall–Kier alpha value is -2.83. The molecule has 150 valence electrons. The predicted octanol–water partition coefficient (Wildman–Crippen LogP) is 4.10. The molecule has 0 amide bonds. The largest absolute Gasteiger partial charge is 0.457 e. The standard InChI is InChI=1S/C22H23N5O.ClH/c23-20-19(15-6-8-18(9-7-15)28-17-4-2-1-3-5-17)21(26-14-25-20)27-16-10-22(11-16)12-24-13-22;/h1-9,14,16,24H,10-13H2,(H3,23,25,26,27);1H. The van der Waals surface area contributed by atoms with Gasteiger partial charge in [0.1, 0.15) is 29.5 Å². The van der Waals surface area contributed by atoms with Crippen molar-refractivity contribution in [2.45, 2.75) is 18.9 Å². The highest BCUT2D eigenvalue weighted by atomic mass is 35.5. The molecule has 3 aromatic rings. The van der Waals surface area contributed by atoms with Crippen LogP contribution in [0.25, 0.3) is 11.1 Å². The Morgan fingerprint density at radius 1 is 0.966 bits per heavy atom. The summed E-state index contributed by atoms with van der Waals surface area (Å²) in [6.07, 6.45) is 3.87. The van der Waals surface area contributed by atoms with Crippen molar-refractivity contribution in [2.75, 3.05) is 24.1 Å². The van der Waals surface area contributed by atoms with Crippen LogP contribution in [0.1, 0.15) is 12.8 Å². The van der Waals surface area contributed by atoms with Gasteiger partial charge in [0.25, 0.3) is 0 Å². The number of rotatable bonds is 5. The lowest BCUT2D eigenvalue weighted by Crippen LogP contribution is -2.63. The van der Waals surface area contributed by atoms with Crippen molar-refractivity contribution in [1.82, 2.24) is 15.3 Å². The van der Waals surface area contributed by atoms with Gasteiger partial charge < -0.3 is 21.1 Å². The number of hydrogen-bond donors (Lipinski definition) is 3. The number of nitrogen functional groups attached to an aromatic ring is 1. The van der Waals surface area contributed by atoms with E-state index in [1.165, 1.54) is 19.2 Å². The maximum Gasteiger partial charge on any atom is 0.139 e. The lowest BCUT2D eigenvalue weighted by molar-refractivity contribution is 0.0469. The van der Waals surface area contributed by atoms with Crippen LogP contribution in [0, 0.1) is 5.41 Å². The van der Waals surface area contributed by atoms with Gasteiger partial charge in [-0.25, -0.2) is 9.97 Å². The first kappa shape index (κ1) is 19.5. The molecule has 1 aliphatic heterocycles. The Balaban J connectivity index is 0.00000205. The summed E-state index contributed by atoms with van der Waals surface area (Å²) in [7, 11) is 0. The maximum atomic E-state index is 6.21. The molecule has 7 heteroatoms. The van der Waals surface area contributed by atoms with Crippen LogP contribution in [0.3, 0.4) is 0 Å². The second-order valence-electron chi connectivity index (χ2n) is 7.78. The molecule has 2 aromatic carbocycles. The smallest absolute Gasteiger partial charge is 0.139 e. The van der Waals surface area contributed by atoms with Gasteiger partial charge in [-0.1, -0.05) is 30.3 Å². The zero-order valence-electron chi connectivity index (χ0n) is 16.0. The molecule has 6 nitrogen and oxygen atoms in total. The number of nitrogens with two attached hydrogens (primary N) is 1. The Morgan fingerprint density at radius 3 is 2.31 bits per heavy atom. The summed E-state index contributed by atoms with van der Waals surface area (Å²) >= 11 is 0. The van der Waals surface area contributed by atoms with Gasteiger partial charge in [0, 0.05) is 19.1 Å². The molecule has 1 aliphatic carbocycles. The Kier molecular flexibility index (Phi) is 5.30. The first-order chi connectivity index (χ1) is 13.7. The van der Waals surface area contributed by atoms with E-state index in [0.29, 0.717) is 17.3 Å². The van der Waals surface area contributed by atoms with Crippen LogP contribution in [0.15, 0.2) is 60.9 Å². The van der Waals surface area contributed by atoms with E-state index in [4.69, 9.17) is 10.5 Å². The molecule has 1 aromatic heterocycles. The molecule has 0 bridgehead atoms. The van der Waals surface area contributed by atoms with Gasteiger partial charge in [-0.15, -0.1) is 12.4 Å². The number of nitrogens with one attached hydrogen (secondary N) is 2. The van der Waals surface area contributed by atoms with E-state index in [1.54, 1.807) is 0 Å². The van der Waals surface area contributed by atoms with Crippen LogP contribution in [0.2, 0.25) is 0 Å². The number of halogens is 1. The molecular formula is C22H24ClN5O. The van der Waals surface area contributed by atoms with Crippen molar-refractivity contribution in [3.05, 3.63) is 60.9 Å². The number of hydrogen-bond acceptors (Lipinski definition) is 6. The van der Waals surface area contributed by atoms with E-state index >= 15 is 0 Å². The highest BCUT2D eigenvalue weighted by Gasteiger charge is 2.48. The van der Waals surface area contributed by atoms with E-state index in [2.05, 4.69) is 20.6 Å². The van der Waals surface area contributed by atoms with Crippen LogP contribution >= 0.6 is 12.4 Å². The van der Waals surface area contributed by atoms with E-state index in [1.807, 2.05) is 54.6 Å². The Labute approximate surface area is 176 Å². The molecule has 2 aliphatic rings. The van der Waals surface area contributed by atoms with Gasteiger partial charge in [0.05, 0.1) is 5.56 Å². The molecule has 29 heavy (non-hydrogen) atoms. The fraction of sp³-hybridized carbons (Fsp3) is 0.273. The van der Waals surface area contributed by atoms with Crippen molar-refractivity contribution >= 4 is 24.0 Å². The van der Waals surface area contributed by atoms with Crippen molar-refractivity contribution in [3.8, 4) is 22.6 Å². The molecule has 1 saturated heterocycles. The molecule has 0 radical (unpaired) electrons. The lowest BCUT2D eigenvalue weighted by atomic mass is 9.61. The third kappa shape index (κ3) is 3.86. The van der Waals surface area contributed by atoms with Gasteiger partial charge >= 0.3 is 0 Å². The van der Waals surface area contributed by atoms with Crippen molar-refractivity contribution in [1.29, 1.82) is 0 Å². The van der Waals surface area contributed by atoms with Crippen molar-refractivity contribution in [2.24, 2.45) is 5.41 Å². The highest BCUT2D eigenvalue weighted by Crippen LogP contribution is 2.46. The summed E-state index contributed by atoms with van der Waals surface area (Å²) in [6, 6.07) is 18.1. The molecule has 2 fully saturated rings. The quantitative estimate of drug-likeness (QED) is 0.588. The normalized spacial score (nSPS) is 17.0. The van der Waals surface area contributed by atoms with E-state index in [0.717, 1.165) is 41.5 Å². The van der Waals surface area contributed by atoms with Gasteiger partial charge in [0.2, 0.25) is 0 Å². The average Bonchev–Trinajstić information content (AvgIpc) is 2.65.